The lowest BCUT2D eigenvalue weighted by atomic mass is 9.64. The summed E-state index contributed by atoms with van der Waals surface area (Å²) in [5.74, 6) is 0.459. The first-order valence-electron chi connectivity index (χ1n) is 8.31. The van der Waals surface area contributed by atoms with Gasteiger partial charge in [0.2, 0.25) is 0 Å². The Hall–Kier alpha value is -1.64. The number of hydrogen-bond donors (Lipinski definition) is 2. The number of rotatable bonds is 3. The fourth-order valence-corrected chi connectivity index (χ4v) is 4.73. The number of aliphatic hydroxyl groups excluding tert-OH is 1. The largest absolute Gasteiger partial charge is 0.391 e. The van der Waals surface area contributed by atoms with Gasteiger partial charge in [-0.05, 0) is 36.3 Å². The van der Waals surface area contributed by atoms with Crippen molar-refractivity contribution in [3.05, 3.63) is 71.8 Å². The Labute approximate surface area is 132 Å². The van der Waals surface area contributed by atoms with Crippen molar-refractivity contribution in [1.82, 2.24) is 5.32 Å². The van der Waals surface area contributed by atoms with Gasteiger partial charge in [0, 0.05) is 18.0 Å². The third-order valence-corrected chi connectivity index (χ3v) is 5.79. The van der Waals surface area contributed by atoms with Crippen LogP contribution in [0.5, 0.6) is 0 Å². The number of benzene rings is 2. The van der Waals surface area contributed by atoms with Gasteiger partial charge >= 0.3 is 0 Å². The molecule has 2 heteroatoms. The topological polar surface area (TPSA) is 32.3 Å². The zero-order chi connectivity index (χ0) is 15.0. The van der Waals surface area contributed by atoms with E-state index in [1.54, 1.807) is 0 Å². The summed E-state index contributed by atoms with van der Waals surface area (Å²) in [6, 6.07) is 21.9. The van der Waals surface area contributed by atoms with Crippen LogP contribution in [-0.4, -0.2) is 23.8 Å². The van der Waals surface area contributed by atoms with E-state index in [4.69, 9.17) is 0 Å². The van der Waals surface area contributed by atoms with E-state index in [1.165, 1.54) is 11.1 Å². The first kappa shape index (κ1) is 14.0. The van der Waals surface area contributed by atoms with Gasteiger partial charge in [0.15, 0.2) is 0 Å². The molecule has 1 saturated heterocycles. The van der Waals surface area contributed by atoms with Gasteiger partial charge in [-0.1, -0.05) is 60.7 Å². The summed E-state index contributed by atoms with van der Waals surface area (Å²) in [5, 5.41) is 14.5. The third kappa shape index (κ3) is 2.10. The minimum absolute atomic E-state index is 0.0903. The van der Waals surface area contributed by atoms with Crippen LogP contribution in [0, 0.1) is 5.92 Å². The summed E-state index contributed by atoms with van der Waals surface area (Å²) in [4.78, 5) is 0. The number of aliphatic hydroxyl groups is 1. The van der Waals surface area contributed by atoms with Crippen LogP contribution in [0.25, 0.3) is 0 Å². The fraction of sp³-hybridized carbons (Fsp3) is 0.400. The van der Waals surface area contributed by atoms with Crippen LogP contribution in [0.2, 0.25) is 0 Å². The molecular weight excluding hydrogens is 270 g/mol. The van der Waals surface area contributed by atoms with Gasteiger partial charge in [-0.3, -0.25) is 0 Å². The Bertz CT molecular complexity index is 627. The van der Waals surface area contributed by atoms with Gasteiger partial charge < -0.3 is 10.4 Å². The Balaban J connectivity index is 1.75. The smallest absolute Gasteiger partial charge is 0.0764 e. The van der Waals surface area contributed by atoms with E-state index in [2.05, 4.69) is 66.0 Å². The summed E-state index contributed by atoms with van der Waals surface area (Å²) in [5.41, 5.74) is 2.59. The van der Waals surface area contributed by atoms with Gasteiger partial charge in [0.25, 0.3) is 0 Å². The second-order valence-electron chi connectivity index (χ2n) is 6.77. The molecule has 2 aromatic rings. The number of nitrogens with one attached hydrogen (secondary N) is 1. The van der Waals surface area contributed by atoms with Crippen molar-refractivity contribution >= 4 is 0 Å². The molecule has 1 unspecified atom stereocenters. The maximum Gasteiger partial charge on any atom is 0.0764 e. The lowest BCUT2D eigenvalue weighted by Crippen LogP contribution is -2.57. The lowest BCUT2D eigenvalue weighted by molar-refractivity contribution is 0.0243. The van der Waals surface area contributed by atoms with Gasteiger partial charge in [0.1, 0.15) is 0 Å². The van der Waals surface area contributed by atoms with E-state index in [1.807, 2.05) is 0 Å². The molecule has 2 fully saturated rings. The molecule has 4 atom stereocenters. The number of piperidine rings is 1. The monoisotopic (exact) mass is 293 g/mol. The highest BCUT2D eigenvalue weighted by molar-refractivity contribution is 5.34. The molecule has 1 heterocycles. The quantitative estimate of drug-likeness (QED) is 0.912. The first-order chi connectivity index (χ1) is 10.8. The number of hydrogen-bond acceptors (Lipinski definition) is 2. The highest BCUT2D eigenvalue weighted by Crippen LogP contribution is 2.51. The molecule has 2 aromatic carbocycles. The summed E-state index contributed by atoms with van der Waals surface area (Å²) in [7, 11) is 0. The third-order valence-electron chi connectivity index (χ3n) is 5.79. The Morgan fingerprint density at radius 3 is 2.41 bits per heavy atom. The molecule has 0 spiro atoms. The molecule has 22 heavy (non-hydrogen) atoms. The van der Waals surface area contributed by atoms with E-state index >= 15 is 0 Å². The predicted molar refractivity (Wildman–Crippen MR) is 88.8 cm³/mol. The summed E-state index contributed by atoms with van der Waals surface area (Å²) >= 11 is 0. The maximum atomic E-state index is 10.9. The van der Waals surface area contributed by atoms with Gasteiger partial charge in [-0.15, -0.1) is 0 Å². The highest BCUT2D eigenvalue weighted by atomic mass is 16.3. The molecular formula is C20H23NO. The lowest BCUT2D eigenvalue weighted by Gasteiger charge is -2.46. The van der Waals surface area contributed by atoms with Crippen LogP contribution in [-0.2, 0) is 11.8 Å². The molecule has 0 aromatic heterocycles. The maximum absolute atomic E-state index is 10.9. The van der Waals surface area contributed by atoms with E-state index < -0.39 is 0 Å². The fourth-order valence-electron chi connectivity index (χ4n) is 4.73. The van der Waals surface area contributed by atoms with Crippen molar-refractivity contribution in [2.24, 2.45) is 5.92 Å². The molecule has 1 aliphatic carbocycles. The van der Waals surface area contributed by atoms with Crippen molar-refractivity contribution in [2.75, 3.05) is 6.54 Å². The molecule has 1 aliphatic heterocycles. The number of β-amino-alcohol motifs (C(OH)–C–C–N with tert-alkyl or cyclic N) is 1. The van der Waals surface area contributed by atoms with Crippen molar-refractivity contribution < 1.29 is 5.11 Å². The average molecular weight is 293 g/mol. The second-order valence-corrected chi connectivity index (χ2v) is 6.77. The Morgan fingerprint density at radius 1 is 1.00 bits per heavy atom. The van der Waals surface area contributed by atoms with E-state index in [-0.39, 0.29) is 11.5 Å². The normalized spacial score (nSPS) is 33.8. The first-order valence-corrected chi connectivity index (χ1v) is 8.31. The second kappa shape index (κ2) is 5.53. The summed E-state index contributed by atoms with van der Waals surface area (Å²) in [6.45, 7) is 0.713. The minimum atomic E-state index is -0.303. The van der Waals surface area contributed by atoms with Gasteiger partial charge in [-0.2, -0.15) is 0 Å². The molecule has 2 bridgehead atoms. The molecule has 0 amide bonds. The van der Waals surface area contributed by atoms with E-state index in [9.17, 15) is 5.11 Å². The SMILES string of the molecule is O[C@H]1CN[C@@H]2CC[C@]1(c1ccccc1)C2Cc1ccccc1. The van der Waals surface area contributed by atoms with Crippen LogP contribution in [0.15, 0.2) is 60.7 Å². The standard InChI is InChI=1S/C20H23NO/c22-19-14-21-18-11-12-20(19,16-9-5-2-6-10-16)17(18)13-15-7-3-1-4-8-15/h1-10,17-19,21-22H,11-14H2/t17?,18-,19+,20+/m1/s1. The van der Waals surface area contributed by atoms with Crippen molar-refractivity contribution in [2.45, 2.75) is 36.8 Å². The zero-order valence-corrected chi connectivity index (χ0v) is 12.8. The van der Waals surface area contributed by atoms with Crippen LogP contribution in [0.4, 0.5) is 0 Å². The van der Waals surface area contributed by atoms with Crippen molar-refractivity contribution in [3.63, 3.8) is 0 Å². The molecule has 2 N–H and O–H groups in total. The van der Waals surface area contributed by atoms with E-state index in [0.717, 1.165) is 19.3 Å². The molecule has 1 saturated carbocycles. The van der Waals surface area contributed by atoms with Crippen LogP contribution < -0.4 is 5.32 Å². The van der Waals surface area contributed by atoms with Crippen molar-refractivity contribution in [1.29, 1.82) is 0 Å². The highest BCUT2D eigenvalue weighted by Gasteiger charge is 2.56. The number of fused-ring (bicyclic) bond motifs is 2. The molecule has 4 rings (SSSR count). The Kier molecular flexibility index (Phi) is 3.51. The Morgan fingerprint density at radius 2 is 1.68 bits per heavy atom. The van der Waals surface area contributed by atoms with E-state index in [0.29, 0.717) is 18.5 Å². The summed E-state index contributed by atoms with van der Waals surface area (Å²) < 4.78 is 0. The van der Waals surface area contributed by atoms with Crippen molar-refractivity contribution in [3.8, 4) is 0 Å². The van der Waals surface area contributed by atoms with Gasteiger partial charge in [0.05, 0.1) is 6.10 Å². The molecule has 2 nitrogen and oxygen atoms in total. The molecule has 0 radical (unpaired) electrons. The summed E-state index contributed by atoms with van der Waals surface area (Å²) in [6.07, 6.45) is 2.96. The van der Waals surface area contributed by atoms with Crippen LogP contribution in [0.1, 0.15) is 24.0 Å². The van der Waals surface area contributed by atoms with Crippen LogP contribution in [0.3, 0.4) is 0 Å². The predicted octanol–water partition coefficient (Wildman–Crippen LogP) is 2.91. The average Bonchev–Trinajstić information content (AvgIpc) is 2.84. The molecule has 114 valence electrons. The minimum Gasteiger partial charge on any atom is -0.391 e. The zero-order valence-electron chi connectivity index (χ0n) is 12.8. The van der Waals surface area contributed by atoms with Gasteiger partial charge in [-0.25, -0.2) is 0 Å². The molecule has 2 aliphatic rings. The van der Waals surface area contributed by atoms with Crippen LogP contribution >= 0.6 is 0 Å².